The van der Waals surface area contributed by atoms with Gasteiger partial charge in [-0.3, -0.25) is 0 Å². The molecular formula is C7H12O4. The van der Waals surface area contributed by atoms with E-state index < -0.39 is 6.16 Å². The molecule has 4 heteroatoms. The van der Waals surface area contributed by atoms with Crippen LogP contribution in [0.25, 0.3) is 0 Å². The lowest BCUT2D eigenvalue weighted by Gasteiger charge is -2.23. The van der Waals surface area contributed by atoms with Crippen molar-refractivity contribution in [3.05, 3.63) is 0 Å². The molecule has 1 fully saturated rings. The van der Waals surface area contributed by atoms with Crippen LogP contribution in [0.2, 0.25) is 0 Å². The smallest absolute Gasteiger partial charge is 0.450 e. The van der Waals surface area contributed by atoms with E-state index in [4.69, 9.17) is 10.2 Å². The van der Waals surface area contributed by atoms with E-state index in [1.54, 1.807) is 0 Å². The van der Waals surface area contributed by atoms with Crippen LogP contribution in [0.3, 0.4) is 0 Å². The van der Waals surface area contributed by atoms with E-state index in [2.05, 4.69) is 4.74 Å². The maximum atomic E-state index is 10.1. The Morgan fingerprint density at radius 1 is 1.27 bits per heavy atom. The summed E-state index contributed by atoms with van der Waals surface area (Å²) in [6, 6.07) is 0. The first-order chi connectivity index (χ1) is 5.18. The normalized spacial score (nSPS) is 31.4. The summed E-state index contributed by atoms with van der Waals surface area (Å²) in [7, 11) is 0. The Kier molecular flexibility index (Phi) is 2.70. The van der Waals surface area contributed by atoms with Crippen molar-refractivity contribution in [2.45, 2.75) is 37.9 Å². The molecule has 0 aromatic heterocycles. The first-order valence-corrected chi connectivity index (χ1v) is 3.76. The summed E-state index contributed by atoms with van der Waals surface area (Å²) < 4.78 is 4.54. The molecule has 0 aromatic carbocycles. The van der Waals surface area contributed by atoms with Crippen molar-refractivity contribution in [1.82, 2.24) is 0 Å². The molecule has 0 amide bonds. The third-order valence-electron chi connectivity index (χ3n) is 1.91. The van der Waals surface area contributed by atoms with Crippen LogP contribution in [0.5, 0.6) is 0 Å². The van der Waals surface area contributed by atoms with Gasteiger partial charge in [0.2, 0.25) is 0 Å². The largest absolute Gasteiger partial charge is 0.506 e. The number of carboxylic acid groups (broad SMARTS) is 1. The number of aliphatic hydroxyl groups is 1. The lowest BCUT2D eigenvalue weighted by molar-refractivity contribution is 0.00991. The molecule has 64 valence electrons. The average Bonchev–Trinajstić information content (AvgIpc) is 1.93. The Balaban J connectivity index is 2.22. The van der Waals surface area contributed by atoms with Gasteiger partial charge in [-0.2, -0.15) is 0 Å². The van der Waals surface area contributed by atoms with E-state index in [1.165, 1.54) is 0 Å². The molecule has 0 radical (unpaired) electrons. The highest BCUT2D eigenvalue weighted by atomic mass is 16.7. The standard InChI is InChI=1S/C7H12O4/c8-5-1-3-6(4-2-5)11-7(9)10/h5-6,8H,1-4H2,(H,9,10). The zero-order valence-corrected chi connectivity index (χ0v) is 6.19. The van der Waals surface area contributed by atoms with Gasteiger partial charge in [0.1, 0.15) is 6.10 Å². The maximum Gasteiger partial charge on any atom is 0.506 e. The highest BCUT2D eigenvalue weighted by Gasteiger charge is 2.21. The van der Waals surface area contributed by atoms with Crippen LogP contribution < -0.4 is 0 Å². The highest BCUT2D eigenvalue weighted by molar-refractivity contribution is 5.57. The fourth-order valence-corrected chi connectivity index (χ4v) is 1.31. The molecule has 1 rings (SSSR count). The van der Waals surface area contributed by atoms with Crippen molar-refractivity contribution in [3.63, 3.8) is 0 Å². The van der Waals surface area contributed by atoms with Gasteiger partial charge in [0.05, 0.1) is 6.10 Å². The maximum absolute atomic E-state index is 10.1. The fourth-order valence-electron chi connectivity index (χ4n) is 1.31. The highest BCUT2D eigenvalue weighted by Crippen LogP contribution is 2.20. The minimum Gasteiger partial charge on any atom is -0.450 e. The van der Waals surface area contributed by atoms with Gasteiger partial charge in [0.25, 0.3) is 0 Å². The van der Waals surface area contributed by atoms with Gasteiger partial charge < -0.3 is 14.9 Å². The number of rotatable bonds is 1. The van der Waals surface area contributed by atoms with Crippen LogP contribution in [0.15, 0.2) is 0 Å². The zero-order valence-electron chi connectivity index (χ0n) is 6.19. The summed E-state index contributed by atoms with van der Waals surface area (Å²) in [6.45, 7) is 0. The van der Waals surface area contributed by atoms with Crippen LogP contribution in [-0.2, 0) is 4.74 Å². The SMILES string of the molecule is O=C(O)OC1CCC(O)CC1. The minimum atomic E-state index is -1.22. The molecule has 0 spiro atoms. The van der Waals surface area contributed by atoms with Crippen molar-refractivity contribution < 1.29 is 19.7 Å². The van der Waals surface area contributed by atoms with Crippen molar-refractivity contribution in [1.29, 1.82) is 0 Å². The predicted octanol–water partition coefficient (Wildman–Crippen LogP) is 0.984. The van der Waals surface area contributed by atoms with Gasteiger partial charge in [0, 0.05) is 0 Å². The van der Waals surface area contributed by atoms with E-state index in [0.717, 1.165) is 0 Å². The van der Waals surface area contributed by atoms with Crippen LogP contribution in [-0.4, -0.2) is 28.6 Å². The van der Waals surface area contributed by atoms with Gasteiger partial charge in [-0.05, 0) is 25.7 Å². The monoisotopic (exact) mass is 160 g/mol. The van der Waals surface area contributed by atoms with Gasteiger partial charge in [-0.25, -0.2) is 4.79 Å². The number of hydrogen-bond acceptors (Lipinski definition) is 3. The lowest BCUT2D eigenvalue weighted by Crippen LogP contribution is -2.25. The molecule has 1 aliphatic rings. The Hall–Kier alpha value is -0.770. The number of hydrogen-bond donors (Lipinski definition) is 2. The second-order valence-corrected chi connectivity index (χ2v) is 2.81. The van der Waals surface area contributed by atoms with E-state index in [1.807, 2.05) is 0 Å². The Bertz CT molecular complexity index is 137. The molecule has 0 saturated heterocycles. The second kappa shape index (κ2) is 3.57. The molecule has 11 heavy (non-hydrogen) atoms. The van der Waals surface area contributed by atoms with Crippen LogP contribution >= 0.6 is 0 Å². The van der Waals surface area contributed by atoms with E-state index in [0.29, 0.717) is 25.7 Å². The first kappa shape index (κ1) is 8.33. The average molecular weight is 160 g/mol. The molecule has 0 aliphatic heterocycles. The number of ether oxygens (including phenoxy) is 1. The van der Waals surface area contributed by atoms with E-state index in [-0.39, 0.29) is 12.2 Å². The molecule has 0 aromatic rings. The lowest BCUT2D eigenvalue weighted by atomic mass is 9.95. The van der Waals surface area contributed by atoms with Crippen molar-refractivity contribution in [2.24, 2.45) is 0 Å². The van der Waals surface area contributed by atoms with Gasteiger partial charge >= 0.3 is 6.16 Å². The molecule has 2 N–H and O–H groups in total. The number of carbonyl (C=O) groups is 1. The summed E-state index contributed by atoms with van der Waals surface area (Å²) in [5.41, 5.74) is 0. The quantitative estimate of drug-likeness (QED) is 0.561. The second-order valence-electron chi connectivity index (χ2n) is 2.81. The van der Waals surface area contributed by atoms with Crippen LogP contribution in [0.4, 0.5) is 4.79 Å². The van der Waals surface area contributed by atoms with Crippen molar-refractivity contribution in [3.8, 4) is 0 Å². The van der Waals surface area contributed by atoms with E-state index in [9.17, 15) is 4.79 Å². The molecule has 0 atom stereocenters. The zero-order chi connectivity index (χ0) is 8.27. The summed E-state index contributed by atoms with van der Waals surface area (Å²) >= 11 is 0. The Labute approximate surface area is 64.8 Å². The predicted molar refractivity (Wildman–Crippen MR) is 37.4 cm³/mol. The topological polar surface area (TPSA) is 66.8 Å². The molecule has 1 saturated carbocycles. The van der Waals surface area contributed by atoms with Crippen molar-refractivity contribution in [2.75, 3.05) is 0 Å². The summed E-state index contributed by atoms with van der Waals surface area (Å²) in [5, 5.41) is 17.3. The number of aliphatic hydroxyl groups excluding tert-OH is 1. The molecular weight excluding hydrogens is 148 g/mol. The first-order valence-electron chi connectivity index (χ1n) is 3.76. The Morgan fingerprint density at radius 2 is 1.82 bits per heavy atom. The third-order valence-corrected chi connectivity index (χ3v) is 1.91. The van der Waals surface area contributed by atoms with Crippen LogP contribution in [0, 0.1) is 0 Å². The van der Waals surface area contributed by atoms with Crippen LogP contribution in [0.1, 0.15) is 25.7 Å². The van der Waals surface area contributed by atoms with Gasteiger partial charge in [0.15, 0.2) is 0 Å². The molecule has 0 bridgehead atoms. The molecule has 4 nitrogen and oxygen atoms in total. The molecule has 1 aliphatic carbocycles. The minimum absolute atomic E-state index is 0.198. The van der Waals surface area contributed by atoms with Crippen molar-refractivity contribution >= 4 is 6.16 Å². The fraction of sp³-hybridized carbons (Fsp3) is 0.857. The summed E-state index contributed by atoms with van der Waals surface area (Å²) in [5.74, 6) is 0. The Morgan fingerprint density at radius 3 is 2.27 bits per heavy atom. The van der Waals surface area contributed by atoms with E-state index >= 15 is 0 Å². The third kappa shape index (κ3) is 2.76. The molecule has 0 heterocycles. The molecule has 0 unspecified atom stereocenters. The van der Waals surface area contributed by atoms with Gasteiger partial charge in [-0.1, -0.05) is 0 Å². The van der Waals surface area contributed by atoms with Gasteiger partial charge in [-0.15, -0.1) is 0 Å². The summed E-state index contributed by atoms with van der Waals surface area (Å²) in [6.07, 6.45) is 0.919. The summed E-state index contributed by atoms with van der Waals surface area (Å²) in [4.78, 5) is 10.1.